The largest absolute Gasteiger partial charge is 0.493 e. The van der Waals surface area contributed by atoms with Gasteiger partial charge in [0.1, 0.15) is 0 Å². The van der Waals surface area contributed by atoms with Crippen molar-refractivity contribution in [1.29, 1.82) is 0 Å². The molecule has 0 aliphatic heterocycles. The Balaban J connectivity index is 2.19. The second kappa shape index (κ2) is 7.24. The fraction of sp³-hybridized carbons (Fsp3) is 0.176. The van der Waals surface area contributed by atoms with Crippen LogP contribution < -0.4 is 9.47 Å². The number of hydrogen-bond acceptors (Lipinski definition) is 4. The number of ether oxygens (including phenoxy) is 2. The van der Waals surface area contributed by atoms with Crippen LogP contribution in [0.4, 0.5) is 0 Å². The molecular weight excluding hydrogens is 266 g/mol. The van der Waals surface area contributed by atoms with Crippen LogP contribution in [0.25, 0.3) is 12.2 Å². The van der Waals surface area contributed by atoms with Crippen LogP contribution in [-0.2, 0) is 4.79 Å². The van der Waals surface area contributed by atoms with Crippen molar-refractivity contribution in [2.24, 2.45) is 0 Å². The average Bonchev–Trinajstić information content (AvgIpc) is 2.54. The van der Waals surface area contributed by atoms with Crippen LogP contribution in [-0.4, -0.2) is 18.1 Å². The fourth-order valence-corrected chi connectivity index (χ4v) is 1.72. The zero-order chi connectivity index (χ0) is 15.1. The summed E-state index contributed by atoms with van der Waals surface area (Å²) in [5, 5.41) is 0. The van der Waals surface area contributed by atoms with Gasteiger partial charge in [0.2, 0.25) is 0 Å². The van der Waals surface area contributed by atoms with Crippen molar-refractivity contribution < 1.29 is 14.3 Å². The molecule has 1 heterocycles. The van der Waals surface area contributed by atoms with Crippen molar-refractivity contribution in [2.75, 3.05) is 7.11 Å². The summed E-state index contributed by atoms with van der Waals surface area (Å²) in [5.74, 6) is 0.671. The number of rotatable bonds is 5. The molecule has 0 saturated carbocycles. The third-order valence-electron chi connectivity index (χ3n) is 2.83. The number of benzene rings is 1. The lowest BCUT2D eigenvalue weighted by atomic mass is 10.1. The quantitative estimate of drug-likeness (QED) is 0.621. The maximum absolute atomic E-state index is 11.3. The van der Waals surface area contributed by atoms with Gasteiger partial charge in [-0.25, -0.2) is 0 Å². The number of hydrogen-bond donors (Lipinski definition) is 0. The Morgan fingerprint density at radius 1 is 1.19 bits per heavy atom. The number of nitrogens with zero attached hydrogens (tertiary/aromatic N) is 1. The first kappa shape index (κ1) is 14.8. The summed E-state index contributed by atoms with van der Waals surface area (Å²) in [6, 6.07) is 11.1. The van der Waals surface area contributed by atoms with E-state index in [2.05, 4.69) is 4.98 Å². The van der Waals surface area contributed by atoms with E-state index in [4.69, 9.17) is 9.47 Å². The molecule has 0 saturated heterocycles. The Labute approximate surface area is 124 Å². The van der Waals surface area contributed by atoms with Crippen molar-refractivity contribution in [3.05, 3.63) is 53.9 Å². The second-order valence-electron chi connectivity index (χ2n) is 4.33. The molecule has 0 spiro atoms. The van der Waals surface area contributed by atoms with Gasteiger partial charge in [0.25, 0.3) is 0 Å². The molecule has 108 valence electrons. The fourth-order valence-electron chi connectivity index (χ4n) is 1.72. The molecule has 21 heavy (non-hydrogen) atoms. The molecule has 0 amide bonds. The van der Waals surface area contributed by atoms with Gasteiger partial charge in [-0.1, -0.05) is 25.1 Å². The molecule has 0 bridgehead atoms. The van der Waals surface area contributed by atoms with Crippen molar-refractivity contribution in [1.82, 2.24) is 4.98 Å². The van der Waals surface area contributed by atoms with Gasteiger partial charge in [0.05, 0.1) is 12.8 Å². The van der Waals surface area contributed by atoms with E-state index in [9.17, 15) is 4.79 Å². The molecule has 0 radical (unpaired) electrons. The number of methoxy groups -OCH3 is 1. The smallest absolute Gasteiger partial charge is 0.311 e. The maximum Gasteiger partial charge on any atom is 0.311 e. The SMILES string of the molecule is CCC(=O)Oc1ccc(/C=C/c2ccccn2)cc1OC. The molecule has 4 nitrogen and oxygen atoms in total. The van der Waals surface area contributed by atoms with E-state index in [0.29, 0.717) is 17.9 Å². The highest BCUT2D eigenvalue weighted by molar-refractivity contribution is 5.74. The molecular formula is C17H17NO3. The highest BCUT2D eigenvalue weighted by atomic mass is 16.6. The zero-order valence-corrected chi connectivity index (χ0v) is 12.1. The van der Waals surface area contributed by atoms with E-state index >= 15 is 0 Å². The summed E-state index contributed by atoms with van der Waals surface area (Å²) in [4.78, 5) is 15.6. The number of carbonyl (C=O) groups is 1. The van der Waals surface area contributed by atoms with Crippen LogP contribution in [0, 0.1) is 0 Å². The Bertz CT molecular complexity index is 636. The Morgan fingerprint density at radius 2 is 2.05 bits per heavy atom. The minimum absolute atomic E-state index is 0.287. The third-order valence-corrected chi connectivity index (χ3v) is 2.83. The van der Waals surface area contributed by atoms with Crippen LogP contribution in [0.1, 0.15) is 24.6 Å². The summed E-state index contributed by atoms with van der Waals surface area (Å²) >= 11 is 0. The van der Waals surface area contributed by atoms with Gasteiger partial charge in [-0.2, -0.15) is 0 Å². The molecule has 0 aliphatic rings. The molecule has 1 aromatic heterocycles. The van der Waals surface area contributed by atoms with Gasteiger partial charge in [0.15, 0.2) is 11.5 Å². The molecule has 0 unspecified atom stereocenters. The van der Waals surface area contributed by atoms with Gasteiger partial charge in [0, 0.05) is 12.6 Å². The maximum atomic E-state index is 11.3. The Hall–Kier alpha value is -2.62. The molecule has 4 heteroatoms. The molecule has 0 N–H and O–H groups in total. The molecule has 1 aromatic carbocycles. The van der Waals surface area contributed by atoms with Crippen molar-refractivity contribution in [3.8, 4) is 11.5 Å². The minimum Gasteiger partial charge on any atom is -0.493 e. The standard InChI is InChI=1S/C17H17NO3/c1-3-17(19)21-15-10-8-13(12-16(15)20-2)7-9-14-6-4-5-11-18-14/h4-12H,3H2,1-2H3/b9-7+. The van der Waals surface area contributed by atoms with E-state index in [-0.39, 0.29) is 5.97 Å². The Morgan fingerprint density at radius 3 is 2.71 bits per heavy atom. The number of aromatic nitrogens is 1. The van der Waals surface area contributed by atoms with E-state index in [0.717, 1.165) is 11.3 Å². The number of pyridine rings is 1. The van der Waals surface area contributed by atoms with Gasteiger partial charge < -0.3 is 9.47 Å². The Kier molecular flexibility index (Phi) is 5.10. The highest BCUT2D eigenvalue weighted by Crippen LogP contribution is 2.29. The first-order valence-electron chi connectivity index (χ1n) is 6.70. The van der Waals surface area contributed by atoms with Crippen LogP contribution in [0.3, 0.4) is 0 Å². The van der Waals surface area contributed by atoms with Gasteiger partial charge in [-0.15, -0.1) is 0 Å². The lowest BCUT2D eigenvalue weighted by Crippen LogP contribution is -2.06. The second-order valence-corrected chi connectivity index (χ2v) is 4.33. The summed E-state index contributed by atoms with van der Waals surface area (Å²) in [6.07, 6.45) is 5.90. The first-order valence-corrected chi connectivity index (χ1v) is 6.70. The van der Waals surface area contributed by atoms with Crippen molar-refractivity contribution >= 4 is 18.1 Å². The number of esters is 1. The molecule has 2 rings (SSSR count). The van der Waals surface area contributed by atoms with Crippen molar-refractivity contribution in [2.45, 2.75) is 13.3 Å². The normalized spacial score (nSPS) is 10.6. The molecule has 2 aromatic rings. The van der Waals surface area contributed by atoms with Crippen molar-refractivity contribution in [3.63, 3.8) is 0 Å². The number of carbonyl (C=O) groups excluding carboxylic acids is 1. The summed E-state index contributed by atoms with van der Waals surface area (Å²) in [5.41, 5.74) is 1.81. The zero-order valence-electron chi connectivity index (χ0n) is 12.1. The predicted molar refractivity (Wildman–Crippen MR) is 82.1 cm³/mol. The first-order chi connectivity index (χ1) is 10.2. The molecule has 0 aliphatic carbocycles. The summed E-state index contributed by atoms with van der Waals surface area (Å²) < 4.78 is 10.5. The van der Waals surface area contributed by atoms with E-state index in [1.54, 1.807) is 26.3 Å². The lowest BCUT2D eigenvalue weighted by molar-refractivity contribution is -0.134. The topological polar surface area (TPSA) is 48.4 Å². The monoisotopic (exact) mass is 283 g/mol. The minimum atomic E-state index is -0.287. The lowest BCUT2D eigenvalue weighted by Gasteiger charge is -2.09. The summed E-state index contributed by atoms with van der Waals surface area (Å²) in [6.45, 7) is 1.75. The average molecular weight is 283 g/mol. The molecule has 0 atom stereocenters. The van der Waals surface area contributed by atoms with Crippen LogP contribution >= 0.6 is 0 Å². The van der Waals surface area contributed by atoms with Gasteiger partial charge >= 0.3 is 5.97 Å². The van der Waals surface area contributed by atoms with Gasteiger partial charge in [-0.3, -0.25) is 9.78 Å². The van der Waals surface area contributed by atoms with Crippen LogP contribution in [0.5, 0.6) is 11.5 Å². The molecule has 0 fully saturated rings. The predicted octanol–water partition coefficient (Wildman–Crippen LogP) is 3.58. The van der Waals surface area contributed by atoms with E-state index in [1.165, 1.54) is 0 Å². The summed E-state index contributed by atoms with van der Waals surface area (Å²) in [7, 11) is 1.55. The van der Waals surface area contributed by atoms with E-state index in [1.807, 2.05) is 42.5 Å². The van der Waals surface area contributed by atoms with Gasteiger partial charge in [-0.05, 0) is 35.9 Å². The third kappa shape index (κ3) is 4.18. The van der Waals surface area contributed by atoms with Crippen LogP contribution in [0.2, 0.25) is 0 Å². The highest BCUT2D eigenvalue weighted by Gasteiger charge is 2.08. The van der Waals surface area contributed by atoms with Crippen LogP contribution in [0.15, 0.2) is 42.6 Å². The van der Waals surface area contributed by atoms with E-state index < -0.39 is 0 Å².